The Hall–Kier alpha value is -2.29. The molecule has 2 aromatic rings. The molecule has 1 aliphatic rings. The summed E-state index contributed by atoms with van der Waals surface area (Å²) in [6.45, 7) is 4.19. The predicted octanol–water partition coefficient (Wildman–Crippen LogP) is 4.79. The molecule has 0 aromatic heterocycles. The lowest BCUT2D eigenvalue weighted by atomic mass is 9.85. The van der Waals surface area contributed by atoms with Crippen LogP contribution in [0.15, 0.2) is 42.5 Å². The van der Waals surface area contributed by atoms with Gasteiger partial charge in [-0.1, -0.05) is 24.1 Å². The van der Waals surface area contributed by atoms with Crippen LogP contribution in [-0.4, -0.2) is 5.91 Å². The number of carbonyl (C=O) groups is 1. The Morgan fingerprint density at radius 3 is 2.27 bits per heavy atom. The number of rotatable bonds is 4. The molecule has 3 nitrogen and oxygen atoms in total. The lowest BCUT2D eigenvalue weighted by Crippen LogP contribution is -2.27. The van der Waals surface area contributed by atoms with Gasteiger partial charge >= 0.3 is 0 Å². The third-order valence-corrected chi connectivity index (χ3v) is 4.29. The van der Waals surface area contributed by atoms with E-state index in [-0.39, 0.29) is 11.8 Å². The highest BCUT2D eigenvalue weighted by molar-refractivity contribution is 5.93. The summed E-state index contributed by atoms with van der Waals surface area (Å²) in [6.07, 6.45) is 3.23. The Morgan fingerprint density at radius 1 is 1.00 bits per heavy atom. The molecular weight excluding hydrogens is 272 g/mol. The van der Waals surface area contributed by atoms with E-state index in [9.17, 15) is 4.79 Å². The topological polar surface area (TPSA) is 41.1 Å². The van der Waals surface area contributed by atoms with Crippen LogP contribution in [0, 0.1) is 19.8 Å². The van der Waals surface area contributed by atoms with E-state index in [0.717, 1.165) is 29.9 Å². The monoisotopic (exact) mass is 294 g/mol. The van der Waals surface area contributed by atoms with Gasteiger partial charge in [0.15, 0.2) is 0 Å². The number of nitrogens with one attached hydrogen (secondary N) is 2. The van der Waals surface area contributed by atoms with E-state index in [0.29, 0.717) is 0 Å². The maximum atomic E-state index is 11.9. The normalized spacial score (nSPS) is 14.3. The van der Waals surface area contributed by atoms with Gasteiger partial charge in [0.1, 0.15) is 0 Å². The van der Waals surface area contributed by atoms with Gasteiger partial charge in [0.2, 0.25) is 5.91 Å². The summed E-state index contributed by atoms with van der Waals surface area (Å²) in [5, 5.41) is 6.40. The molecule has 0 atom stereocenters. The minimum absolute atomic E-state index is 0.154. The van der Waals surface area contributed by atoms with Crippen LogP contribution >= 0.6 is 0 Å². The summed E-state index contributed by atoms with van der Waals surface area (Å²) in [7, 11) is 0. The van der Waals surface area contributed by atoms with Crippen LogP contribution in [0.1, 0.15) is 30.4 Å². The van der Waals surface area contributed by atoms with Gasteiger partial charge in [0.25, 0.3) is 0 Å². The second-order valence-electron chi connectivity index (χ2n) is 6.14. The summed E-state index contributed by atoms with van der Waals surface area (Å²) < 4.78 is 0. The van der Waals surface area contributed by atoms with Crippen molar-refractivity contribution in [2.75, 3.05) is 10.6 Å². The third-order valence-electron chi connectivity index (χ3n) is 4.29. The van der Waals surface area contributed by atoms with Gasteiger partial charge in [-0.2, -0.15) is 0 Å². The zero-order chi connectivity index (χ0) is 15.5. The second kappa shape index (κ2) is 6.22. The van der Waals surface area contributed by atoms with Crippen LogP contribution in [0.25, 0.3) is 0 Å². The van der Waals surface area contributed by atoms with Crippen LogP contribution in [0.3, 0.4) is 0 Å². The molecule has 22 heavy (non-hydrogen) atoms. The molecule has 0 heterocycles. The van der Waals surface area contributed by atoms with Crippen LogP contribution in [-0.2, 0) is 4.79 Å². The molecule has 114 valence electrons. The first-order valence-corrected chi connectivity index (χ1v) is 7.87. The molecule has 0 unspecified atom stereocenters. The molecule has 0 spiro atoms. The molecule has 1 fully saturated rings. The number of carbonyl (C=O) groups excluding carboxylic acids is 1. The fourth-order valence-corrected chi connectivity index (χ4v) is 2.66. The van der Waals surface area contributed by atoms with E-state index in [2.05, 4.69) is 42.7 Å². The van der Waals surface area contributed by atoms with Crippen molar-refractivity contribution in [3.63, 3.8) is 0 Å². The minimum Gasteiger partial charge on any atom is -0.355 e. The Bertz CT molecular complexity index is 672. The van der Waals surface area contributed by atoms with Crippen LogP contribution in [0.4, 0.5) is 17.1 Å². The first-order valence-electron chi connectivity index (χ1n) is 7.87. The van der Waals surface area contributed by atoms with Gasteiger partial charge in [0, 0.05) is 23.0 Å². The van der Waals surface area contributed by atoms with Crippen molar-refractivity contribution in [1.29, 1.82) is 0 Å². The van der Waals surface area contributed by atoms with Gasteiger partial charge < -0.3 is 10.6 Å². The second-order valence-corrected chi connectivity index (χ2v) is 6.14. The third kappa shape index (κ3) is 3.30. The fraction of sp³-hybridized carbons (Fsp3) is 0.316. The number of hydrogen-bond acceptors (Lipinski definition) is 2. The average Bonchev–Trinajstić information content (AvgIpc) is 2.42. The first-order chi connectivity index (χ1) is 10.6. The van der Waals surface area contributed by atoms with E-state index >= 15 is 0 Å². The van der Waals surface area contributed by atoms with E-state index < -0.39 is 0 Å². The Labute approximate surface area is 131 Å². The quantitative estimate of drug-likeness (QED) is 0.851. The maximum Gasteiger partial charge on any atom is 0.227 e. The molecule has 0 aliphatic heterocycles. The SMILES string of the molecule is Cc1ccc(Nc2ccc(NC(=O)C3CCC3)cc2)c(C)c1. The first kappa shape index (κ1) is 14.6. The molecule has 2 aromatic carbocycles. The molecule has 1 saturated carbocycles. The van der Waals surface area contributed by atoms with Crippen LogP contribution in [0.2, 0.25) is 0 Å². The van der Waals surface area contributed by atoms with Crippen molar-refractivity contribution in [2.24, 2.45) is 5.92 Å². The van der Waals surface area contributed by atoms with Crippen molar-refractivity contribution in [3.05, 3.63) is 53.6 Å². The summed E-state index contributed by atoms with van der Waals surface area (Å²) in [6, 6.07) is 14.2. The summed E-state index contributed by atoms with van der Waals surface area (Å²) in [4.78, 5) is 11.9. The van der Waals surface area contributed by atoms with E-state index in [1.54, 1.807) is 0 Å². The van der Waals surface area contributed by atoms with Crippen molar-refractivity contribution < 1.29 is 4.79 Å². The molecule has 1 amide bonds. The molecule has 3 rings (SSSR count). The largest absolute Gasteiger partial charge is 0.355 e. The van der Waals surface area contributed by atoms with E-state index in [4.69, 9.17) is 0 Å². The standard InChI is InChI=1S/C19H22N2O/c1-13-6-11-18(14(2)12-13)20-16-7-9-17(10-8-16)21-19(22)15-4-3-5-15/h6-12,15,20H,3-5H2,1-2H3,(H,21,22). The van der Waals surface area contributed by atoms with Gasteiger partial charge in [0.05, 0.1) is 0 Å². The lowest BCUT2D eigenvalue weighted by molar-refractivity contribution is -0.122. The smallest absolute Gasteiger partial charge is 0.227 e. The highest BCUT2D eigenvalue weighted by Crippen LogP contribution is 2.28. The van der Waals surface area contributed by atoms with Gasteiger partial charge in [-0.25, -0.2) is 0 Å². The molecular formula is C19H22N2O. The molecule has 0 saturated heterocycles. The number of hydrogen-bond donors (Lipinski definition) is 2. The average molecular weight is 294 g/mol. The van der Waals surface area contributed by atoms with Crippen LogP contribution in [0.5, 0.6) is 0 Å². The van der Waals surface area contributed by atoms with Gasteiger partial charge in [-0.15, -0.1) is 0 Å². The zero-order valence-corrected chi connectivity index (χ0v) is 13.1. The number of anilines is 3. The van der Waals surface area contributed by atoms with Crippen molar-refractivity contribution in [3.8, 4) is 0 Å². The minimum atomic E-state index is 0.154. The summed E-state index contributed by atoms with van der Waals surface area (Å²) in [5.74, 6) is 0.370. The maximum absolute atomic E-state index is 11.9. The fourth-order valence-electron chi connectivity index (χ4n) is 2.66. The summed E-state index contributed by atoms with van der Waals surface area (Å²) in [5.41, 5.74) is 5.48. The van der Waals surface area contributed by atoms with E-state index in [1.807, 2.05) is 24.3 Å². The number of aryl methyl sites for hydroxylation is 2. The number of benzene rings is 2. The highest BCUT2D eigenvalue weighted by Gasteiger charge is 2.24. The molecule has 1 aliphatic carbocycles. The summed E-state index contributed by atoms with van der Waals surface area (Å²) >= 11 is 0. The van der Waals surface area contributed by atoms with Crippen molar-refractivity contribution >= 4 is 23.0 Å². The van der Waals surface area contributed by atoms with Gasteiger partial charge in [-0.05, 0) is 62.6 Å². The molecule has 0 bridgehead atoms. The van der Waals surface area contributed by atoms with Gasteiger partial charge in [-0.3, -0.25) is 4.79 Å². The lowest BCUT2D eigenvalue weighted by Gasteiger charge is -2.24. The van der Waals surface area contributed by atoms with Crippen molar-refractivity contribution in [2.45, 2.75) is 33.1 Å². The molecule has 2 N–H and O–H groups in total. The van der Waals surface area contributed by atoms with Crippen molar-refractivity contribution in [1.82, 2.24) is 0 Å². The highest BCUT2D eigenvalue weighted by atomic mass is 16.1. The zero-order valence-electron chi connectivity index (χ0n) is 13.1. The predicted molar refractivity (Wildman–Crippen MR) is 91.6 cm³/mol. The molecule has 3 heteroatoms. The Morgan fingerprint density at radius 2 is 1.68 bits per heavy atom. The Kier molecular flexibility index (Phi) is 4.14. The van der Waals surface area contributed by atoms with E-state index in [1.165, 1.54) is 17.5 Å². The Balaban J connectivity index is 1.64. The number of amides is 1. The van der Waals surface area contributed by atoms with Crippen LogP contribution < -0.4 is 10.6 Å². The molecule has 0 radical (unpaired) electrons.